The number of nitrogen functional groups attached to an aromatic ring is 1. The molecule has 1 aliphatic rings. The summed E-state index contributed by atoms with van der Waals surface area (Å²) in [6.07, 6.45) is 4.11. The predicted octanol–water partition coefficient (Wildman–Crippen LogP) is 2.39. The molecule has 4 nitrogen and oxygen atoms in total. The summed E-state index contributed by atoms with van der Waals surface area (Å²) in [5, 5.41) is 15.4. The van der Waals surface area contributed by atoms with Crippen molar-refractivity contribution in [3.63, 3.8) is 0 Å². The Morgan fingerprint density at radius 3 is 2.79 bits per heavy atom. The molecule has 2 aromatic rings. The molecule has 4 N–H and O–H groups in total. The summed E-state index contributed by atoms with van der Waals surface area (Å²) in [7, 11) is 0. The van der Waals surface area contributed by atoms with Crippen molar-refractivity contribution in [2.24, 2.45) is 5.41 Å². The van der Waals surface area contributed by atoms with Gasteiger partial charge in [-0.05, 0) is 24.6 Å². The number of nitrogens with two attached hydrogens (primary N) is 1. The third-order valence-corrected chi connectivity index (χ3v) is 4.40. The average molecular weight is 257 g/mol. The molecular weight excluding hydrogens is 238 g/mol. The van der Waals surface area contributed by atoms with Gasteiger partial charge in [-0.2, -0.15) is 0 Å². The molecule has 0 spiro atoms. The Balaban J connectivity index is 1.97. The summed E-state index contributed by atoms with van der Waals surface area (Å²) in [6.45, 7) is 4.17. The summed E-state index contributed by atoms with van der Waals surface area (Å²) < 4.78 is 0. The van der Waals surface area contributed by atoms with Gasteiger partial charge >= 0.3 is 0 Å². The normalized spacial score (nSPS) is 25.0. The third kappa shape index (κ3) is 1.83. The van der Waals surface area contributed by atoms with Crippen molar-refractivity contribution in [3.05, 3.63) is 30.6 Å². The zero-order valence-corrected chi connectivity index (χ0v) is 11.2. The molecule has 2 unspecified atom stereocenters. The van der Waals surface area contributed by atoms with Gasteiger partial charge in [-0.25, -0.2) is 0 Å². The van der Waals surface area contributed by atoms with Gasteiger partial charge in [0.25, 0.3) is 0 Å². The third-order valence-electron chi connectivity index (χ3n) is 4.40. The smallest absolute Gasteiger partial charge is 0.0630 e. The first-order valence-electron chi connectivity index (χ1n) is 6.57. The lowest BCUT2D eigenvalue weighted by atomic mass is 9.64. The van der Waals surface area contributed by atoms with Crippen LogP contribution >= 0.6 is 0 Å². The number of benzene rings is 1. The molecule has 19 heavy (non-hydrogen) atoms. The second-order valence-electron chi connectivity index (χ2n) is 5.89. The molecule has 1 heterocycles. The molecule has 1 aromatic carbocycles. The number of aliphatic hydroxyl groups is 1. The van der Waals surface area contributed by atoms with E-state index in [1.165, 1.54) is 0 Å². The van der Waals surface area contributed by atoms with E-state index in [1.54, 1.807) is 12.4 Å². The summed E-state index contributed by atoms with van der Waals surface area (Å²) >= 11 is 0. The molecular formula is C15H19N3O. The van der Waals surface area contributed by atoms with Crippen LogP contribution in [0.3, 0.4) is 0 Å². The lowest BCUT2D eigenvalue weighted by Crippen LogP contribution is -2.56. The minimum atomic E-state index is -0.230. The molecule has 1 fully saturated rings. The van der Waals surface area contributed by atoms with Crippen molar-refractivity contribution >= 4 is 22.1 Å². The lowest BCUT2D eigenvalue weighted by molar-refractivity contribution is -0.0510. The Morgan fingerprint density at radius 1 is 1.32 bits per heavy atom. The first-order chi connectivity index (χ1) is 9.00. The maximum absolute atomic E-state index is 9.81. The van der Waals surface area contributed by atoms with Gasteiger partial charge in [-0.3, -0.25) is 4.98 Å². The highest BCUT2D eigenvalue weighted by Gasteiger charge is 2.47. The van der Waals surface area contributed by atoms with Crippen LogP contribution in [0.2, 0.25) is 0 Å². The molecule has 100 valence electrons. The van der Waals surface area contributed by atoms with Gasteiger partial charge in [-0.1, -0.05) is 13.8 Å². The van der Waals surface area contributed by atoms with Crippen molar-refractivity contribution < 1.29 is 5.11 Å². The van der Waals surface area contributed by atoms with E-state index in [-0.39, 0.29) is 17.6 Å². The highest BCUT2D eigenvalue weighted by Crippen LogP contribution is 2.43. The summed E-state index contributed by atoms with van der Waals surface area (Å²) in [5.74, 6) is 0. The van der Waals surface area contributed by atoms with E-state index in [1.807, 2.05) is 18.2 Å². The Hall–Kier alpha value is -1.81. The number of nitrogens with zero attached hydrogens (tertiary/aromatic N) is 1. The van der Waals surface area contributed by atoms with Gasteiger partial charge in [0.2, 0.25) is 0 Å². The molecule has 0 saturated heterocycles. The summed E-state index contributed by atoms with van der Waals surface area (Å²) in [5.41, 5.74) is 7.66. The molecule has 0 aliphatic heterocycles. The minimum Gasteiger partial charge on any atom is -0.398 e. The lowest BCUT2D eigenvalue weighted by Gasteiger charge is -2.50. The van der Waals surface area contributed by atoms with Crippen LogP contribution in [0.5, 0.6) is 0 Å². The Labute approximate surface area is 112 Å². The molecule has 3 rings (SSSR count). The zero-order chi connectivity index (χ0) is 13.6. The fourth-order valence-electron chi connectivity index (χ4n) is 2.67. The van der Waals surface area contributed by atoms with Crippen LogP contribution in [0.15, 0.2) is 30.6 Å². The minimum absolute atomic E-state index is 0.0965. The Kier molecular flexibility index (Phi) is 2.64. The first-order valence-corrected chi connectivity index (χ1v) is 6.57. The van der Waals surface area contributed by atoms with Crippen LogP contribution in [-0.2, 0) is 0 Å². The van der Waals surface area contributed by atoms with E-state index < -0.39 is 0 Å². The van der Waals surface area contributed by atoms with Crippen LogP contribution < -0.4 is 11.1 Å². The summed E-state index contributed by atoms with van der Waals surface area (Å²) in [4.78, 5) is 4.12. The number of aliphatic hydroxyl groups excluding tert-OH is 1. The van der Waals surface area contributed by atoms with Gasteiger partial charge in [0.1, 0.15) is 0 Å². The zero-order valence-electron chi connectivity index (χ0n) is 11.2. The molecule has 1 aliphatic carbocycles. The maximum atomic E-state index is 9.81. The fourth-order valence-corrected chi connectivity index (χ4v) is 2.67. The van der Waals surface area contributed by atoms with Gasteiger partial charge in [0, 0.05) is 46.0 Å². The average Bonchev–Trinajstić information content (AvgIpc) is 2.41. The van der Waals surface area contributed by atoms with Gasteiger partial charge in [-0.15, -0.1) is 0 Å². The Morgan fingerprint density at radius 2 is 2.11 bits per heavy atom. The number of pyridine rings is 1. The molecule has 1 saturated carbocycles. The second kappa shape index (κ2) is 4.10. The second-order valence-corrected chi connectivity index (χ2v) is 5.89. The van der Waals surface area contributed by atoms with E-state index >= 15 is 0 Å². The van der Waals surface area contributed by atoms with Gasteiger partial charge in [0.05, 0.1) is 6.10 Å². The van der Waals surface area contributed by atoms with E-state index in [0.29, 0.717) is 0 Å². The van der Waals surface area contributed by atoms with E-state index in [0.717, 1.165) is 28.6 Å². The molecule has 2 atom stereocenters. The quantitative estimate of drug-likeness (QED) is 0.722. The number of aromatic nitrogens is 1. The van der Waals surface area contributed by atoms with Crippen molar-refractivity contribution in [3.8, 4) is 0 Å². The molecule has 0 radical (unpaired) electrons. The van der Waals surface area contributed by atoms with Crippen LogP contribution in [0.4, 0.5) is 11.4 Å². The predicted molar refractivity (Wildman–Crippen MR) is 78.0 cm³/mol. The van der Waals surface area contributed by atoms with Crippen molar-refractivity contribution in [1.82, 2.24) is 4.98 Å². The number of hydrogen-bond acceptors (Lipinski definition) is 4. The topological polar surface area (TPSA) is 71.2 Å². The van der Waals surface area contributed by atoms with Crippen LogP contribution in [-0.4, -0.2) is 22.2 Å². The number of rotatable bonds is 2. The number of fused-ring (bicyclic) bond motifs is 1. The van der Waals surface area contributed by atoms with Crippen molar-refractivity contribution in [2.75, 3.05) is 11.1 Å². The van der Waals surface area contributed by atoms with Gasteiger partial charge < -0.3 is 16.2 Å². The fraction of sp³-hybridized carbons (Fsp3) is 0.400. The number of anilines is 2. The first kappa shape index (κ1) is 12.2. The standard InChI is InChI=1S/C15H19N3O/c1-15(2)13(7-14(15)19)18-12-4-3-11(16)10-8-17-6-5-9(10)12/h3-6,8,13-14,18-19H,7,16H2,1-2H3. The SMILES string of the molecule is CC1(C)C(O)CC1Nc1ccc(N)c2cnccc12. The highest BCUT2D eigenvalue weighted by molar-refractivity contribution is 6.00. The molecule has 4 heteroatoms. The Bertz CT molecular complexity index is 624. The van der Waals surface area contributed by atoms with E-state index in [9.17, 15) is 5.11 Å². The van der Waals surface area contributed by atoms with Crippen LogP contribution in [0, 0.1) is 5.41 Å². The largest absolute Gasteiger partial charge is 0.398 e. The van der Waals surface area contributed by atoms with E-state index in [4.69, 9.17) is 5.73 Å². The monoisotopic (exact) mass is 257 g/mol. The molecule has 0 amide bonds. The van der Waals surface area contributed by atoms with E-state index in [2.05, 4.69) is 24.1 Å². The van der Waals surface area contributed by atoms with Gasteiger partial charge in [0.15, 0.2) is 0 Å². The van der Waals surface area contributed by atoms with Crippen LogP contribution in [0.1, 0.15) is 20.3 Å². The van der Waals surface area contributed by atoms with Crippen molar-refractivity contribution in [2.45, 2.75) is 32.4 Å². The number of hydrogen-bond donors (Lipinski definition) is 3. The van der Waals surface area contributed by atoms with Crippen LogP contribution in [0.25, 0.3) is 10.8 Å². The van der Waals surface area contributed by atoms with Crippen molar-refractivity contribution in [1.29, 1.82) is 0 Å². The highest BCUT2D eigenvalue weighted by atomic mass is 16.3. The maximum Gasteiger partial charge on any atom is 0.0630 e. The number of nitrogens with one attached hydrogen (secondary N) is 1. The molecule has 1 aromatic heterocycles. The molecule has 0 bridgehead atoms. The summed E-state index contributed by atoms with van der Waals surface area (Å²) in [6, 6.07) is 6.14.